The number of rotatable bonds is 2. The van der Waals surface area contributed by atoms with Gasteiger partial charge in [0.2, 0.25) is 0 Å². The van der Waals surface area contributed by atoms with E-state index < -0.39 is 0 Å². The molecule has 0 aliphatic carbocycles. The molecule has 4 nitrogen and oxygen atoms in total. The Morgan fingerprint density at radius 1 is 1.11 bits per heavy atom. The zero-order valence-corrected chi connectivity index (χ0v) is 17.8. The molecule has 0 saturated carbocycles. The van der Waals surface area contributed by atoms with E-state index in [2.05, 4.69) is 10.4 Å². The third-order valence-corrected chi connectivity index (χ3v) is 6.29. The molecule has 2 aromatic rings. The van der Waals surface area contributed by atoms with E-state index in [0.29, 0.717) is 31.9 Å². The highest BCUT2D eigenvalue weighted by atomic mass is 35.5. The number of carbonyl (C=O) groups excluding carboxylic acids is 1. The maximum atomic E-state index is 12.6. The van der Waals surface area contributed by atoms with E-state index >= 15 is 0 Å². The number of nitrogens with one attached hydrogen (secondary N) is 1. The van der Waals surface area contributed by atoms with Crippen LogP contribution < -0.4 is 5.32 Å². The molecule has 2 aliphatic rings. The van der Waals surface area contributed by atoms with Crippen molar-refractivity contribution in [3.63, 3.8) is 0 Å². The molecule has 0 atom stereocenters. The van der Waals surface area contributed by atoms with Gasteiger partial charge in [-0.15, -0.1) is 0 Å². The van der Waals surface area contributed by atoms with Gasteiger partial charge >= 0.3 is 0 Å². The van der Waals surface area contributed by atoms with Crippen molar-refractivity contribution in [1.29, 1.82) is 0 Å². The fourth-order valence-electron chi connectivity index (χ4n) is 3.00. The van der Waals surface area contributed by atoms with Crippen LogP contribution in [0.25, 0.3) is 5.57 Å². The van der Waals surface area contributed by atoms with Gasteiger partial charge in [0.05, 0.1) is 21.3 Å². The number of hydrogen-bond donors (Lipinski definition) is 1. The summed E-state index contributed by atoms with van der Waals surface area (Å²) in [5, 5.41) is 11.6. The number of thioether (sulfide) groups is 1. The number of hydrogen-bond acceptors (Lipinski definition) is 4. The predicted octanol–water partition coefficient (Wildman–Crippen LogP) is 5.73. The van der Waals surface area contributed by atoms with Gasteiger partial charge in [-0.2, -0.15) is 5.10 Å². The van der Waals surface area contributed by atoms with E-state index in [0.717, 1.165) is 15.5 Å². The zero-order valence-electron chi connectivity index (χ0n) is 14.7. The molecule has 0 spiro atoms. The normalized spacial score (nSPS) is 16.1. The first-order valence-corrected chi connectivity index (χ1v) is 10.3. The molecular formula is C20H14Cl3N3OS. The van der Waals surface area contributed by atoms with Crippen molar-refractivity contribution >= 4 is 63.1 Å². The first-order valence-electron chi connectivity index (χ1n) is 8.39. The van der Waals surface area contributed by atoms with E-state index in [1.165, 1.54) is 11.8 Å². The number of halogens is 3. The van der Waals surface area contributed by atoms with Crippen molar-refractivity contribution in [2.45, 2.75) is 11.8 Å². The van der Waals surface area contributed by atoms with E-state index in [1.54, 1.807) is 23.2 Å². The highest BCUT2D eigenvalue weighted by Gasteiger charge is 2.30. The van der Waals surface area contributed by atoms with Crippen LogP contribution in [0.4, 0.5) is 0 Å². The van der Waals surface area contributed by atoms with E-state index in [1.807, 2.05) is 37.3 Å². The van der Waals surface area contributed by atoms with Gasteiger partial charge in [-0.1, -0.05) is 52.6 Å². The number of benzene rings is 2. The van der Waals surface area contributed by atoms with Crippen LogP contribution in [-0.4, -0.2) is 22.6 Å². The van der Waals surface area contributed by atoms with Gasteiger partial charge in [0.15, 0.2) is 0 Å². The lowest BCUT2D eigenvalue weighted by Gasteiger charge is -2.31. The van der Waals surface area contributed by atoms with Gasteiger partial charge in [0.25, 0.3) is 5.91 Å². The third kappa shape index (κ3) is 3.67. The van der Waals surface area contributed by atoms with Gasteiger partial charge in [-0.3, -0.25) is 4.79 Å². The standard InChI is InChI=1S/C20H14Cl3N3OS/c1-11-9-12(21)5-7-16(11)28-17-8-6-15-19(20(27)24-10-26(15)25-17)18-13(22)3-2-4-14(18)23/h2-9H,10H2,1H3,(H,24,27). The van der Waals surface area contributed by atoms with Crippen LogP contribution in [0.15, 0.2) is 64.2 Å². The topological polar surface area (TPSA) is 44.7 Å². The fourth-order valence-corrected chi connectivity index (χ4v) is 4.67. The molecule has 2 heterocycles. The average molecular weight is 451 g/mol. The highest BCUT2D eigenvalue weighted by molar-refractivity contribution is 8.14. The molecule has 0 radical (unpaired) electrons. The number of fused-ring (bicyclic) bond motifs is 1. The van der Waals surface area contributed by atoms with Gasteiger partial charge in [0, 0.05) is 15.5 Å². The SMILES string of the molecule is Cc1cc(Cl)ccc1SC1=NN2CNC(=O)C(c3c(Cl)cccc3Cl)=C2C=C1. The predicted molar refractivity (Wildman–Crippen MR) is 117 cm³/mol. The molecular weight excluding hydrogens is 437 g/mol. The van der Waals surface area contributed by atoms with E-state index in [-0.39, 0.29) is 12.6 Å². The summed E-state index contributed by atoms with van der Waals surface area (Å²) >= 11 is 20.2. The van der Waals surface area contributed by atoms with Crippen LogP contribution in [0.3, 0.4) is 0 Å². The third-order valence-electron chi connectivity index (χ3n) is 4.32. The monoisotopic (exact) mass is 449 g/mol. The van der Waals surface area contributed by atoms with Gasteiger partial charge in [-0.05, 0) is 55.0 Å². The zero-order chi connectivity index (χ0) is 19.8. The highest BCUT2D eigenvalue weighted by Crippen LogP contribution is 2.37. The van der Waals surface area contributed by atoms with Crippen molar-refractivity contribution in [2.24, 2.45) is 5.10 Å². The van der Waals surface area contributed by atoms with Crippen LogP contribution in [-0.2, 0) is 4.79 Å². The Morgan fingerprint density at radius 3 is 2.57 bits per heavy atom. The minimum atomic E-state index is -0.231. The number of nitrogens with zero attached hydrogens (tertiary/aromatic N) is 2. The number of allylic oxidation sites excluding steroid dienone is 1. The van der Waals surface area contributed by atoms with Crippen molar-refractivity contribution < 1.29 is 4.79 Å². The molecule has 28 heavy (non-hydrogen) atoms. The van der Waals surface area contributed by atoms with Crippen molar-refractivity contribution in [3.8, 4) is 0 Å². The summed E-state index contributed by atoms with van der Waals surface area (Å²) in [6.07, 6.45) is 3.75. The largest absolute Gasteiger partial charge is 0.333 e. The summed E-state index contributed by atoms with van der Waals surface area (Å²) in [5.41, 5.74) is 2.66. The second-order valence-electron chi connectivity index (χ2n) is 6.20. The average Bonchev–Trinajstić information content (AvgIpc) is 2.65. The molecule has 0 saturated heterocycles. The number of amides is 1. The van der Waals surface area contributed by atoms with Crippen molar-refractivity contribution in [3.05, 3.63) is 80.4 Å². The summed E-state index contributed by atoms with van der Waals surface area (Å²) in [7, 11) is 0. The Kier molecular flexibility index (Phi) is 5.43. The second-order valence-corrected chi connectivity index (χ2v) is 8.52. The molecule has 0 fully saturated rings. The van der Waals surface area contributed by atoms with E-state index in [9.17, 15) is 4.79 Å². The Labute approximate surface area is 181 Å². The quantitative estimate of drug-likeness (QED) is 0.635. The van der Waals surface area contributed by atoms with E-state index in [4.69, 9.17) is 34.8 Å². The molecule has 2 aromatic carbocycles. The molecule has 4 rings (SSSR count). The number of hydrazone groups is 1. The molecule has 1 N–H and O–H groups in total. The maximum absolute atomic E-state index is 12.6. The smallest absolute Gasteiger partial charge is 0.255 e. The molecule has 142 valence electrons. The molecule has 2 aliphatic heterocycles. The lowest BCUT2D eigenvalue weighted by atomic mass is 10.0. The molecule has 0 bridgehead atoms. The Balaban J connectivity index is 1.71. The first-order chi connectivity index (χ1) is 13.4. The van der Waals surface area contributed by atoms with Crippen LogP contribution in [0.1, 0.15) is 11.1 Å². The summed E-state index contributed by atoms with van der Waals surface area (Å²) in [4.78, 5) is 13.7. The fraction of sp³-hybridized carbons (Fsp3) is 0.100. The van der Waals surface area contributed by atoms with Crippen LogP contribution in [0.2, 0.25) is 15.1 Å². The molecule has 1 amide bonds. The maximum Gasteiger partial charge on any atom is 0.255 e. The van der Waals surface area contributed by atoms with Crippen molar-refractivity contribution in [1.82, 2.24) is 10.3 Å². The Hall–Kier alpha value is -1.92. The Morgan fingerprint density at radius 2 is 1.86 bits per heavy atom. The van der Waals surface area contributed by atoms with Crippen LogP contribution in [0, 0.1) is 6.92 Å². The lowest BCUT2D eigenvalue weighted by molar-refractivity contribution is -0.116. The molecule has 8 heteroatoms. The van der Waals surface area contributed by atoms with Crippen LogP contribution in [0.5, 0.6) is 0 Å². The number of aryl methyl sites for hydroxylation is 1. The summed E-state index contributed by atoms with van der Waals surface area (Å²) in [5.74, 6) is -0.231. The number of carbonyl (C=O) groups is 1. The first kappa shape index (κ1) is 19.4. The second kappa shape index (κ2) is 7.84. The van der Waals surface area contributed by atoms with Gasteiger partial charge < -0.3 is 5.32 Å². The summed E-state index contributed by atoms with van der Waals surface area (Å²) in [6.45, 7) is 2.28. The Bertz CT molecular complexity index is 1060. The van der Waals surface area contributed by atoms with Gasteiger partial charge in [0.1, 0.15) is 11.7 Å². The molecule has 0 aromatic heterocycles. The minimum Gasteiger partial charge on any atom is -0.333 e. The van der Waals surface area contributed by atoms with Crippen LogP contribution >= 0.6 is 46.6 Å². The lowest BCUT2D eigenvalue weighted by Crippen LogP contribution is -2.42. The van der Waals surface area contributed by atoms with Gasteiger partial charge in [-0.25, -0.2) is 5.01 Å². The summed E-state index contributed by atoms with van der Waals surface area (Å²) in [6, 6.07) is 10.9. The summed E-state index contributed by atoms with van der Waals surface area (Å²) < 4.78 is 0. The van der Waals surface area contributed by atoms with Crippen molar-refractivity contribution in [2.75, 3.05) is 6.67 Å². The molecule has 0 unspecified atom stereocenters. The minimum absolute atomic E-state index is 0.231.